The number of aromatic nitrogens is 1. The van der Waals surface area contributed by atoms with Gasteiger partial charge in [0.05, 0.1) is 0 Å². The van der Waals surface area contributed by atoms with Gasteiger partial charge in [0.25, 0.3) is 0 Å². The van der Waals surface area contributed by atoms with Crippen LogP contribution in [0.25, 0.3) is 0 Å². The number of aliphatic hydroxyl groups excluding tert-OH is 1. The van der Waals surface area contributed by atoms with Gasteiger partial charge in [0.1, 0.15) is 5.15 Å². The molecule has 13 heavy (non-hydrogen) atoms. The maximum absolute atomic E-state index is 8.68. The van der Waals surface area contributed by atoms with Crippen LogP contribution in [0.1, 0.15) is 13.3 Å². The number of aliphatic hydroxyl groups is 1. The Morgan fingerprint density at radius 3 is 3.08 bits per heavy atom. The number of rotatable bonds is 5. The number of nitrogens with zero attached hydrogens (tertiary/aromatic N) is 1. The highest BCUT2D eigenvalue weighted by atomic mass is 35.5. The van der Waals surface area contributed by atoms with Crippen LogP contribution >= 0.6 is 22.9 Å². The van der Waals surface area contributed by atoms with E-state index in [4.69, 9.17) is 16.7 Å². The van der Waals surface area contributed by atoms with Gasteiger partial charge in [0.2, 0.25) is 0 Å². The predicted octanol–water partition coefficient (Wildman–Crippen LogP) is 2.23. The van der Waals surface area contributed by atoms with E-state index >= 15 is 0 Å². The number of nitrogens with one attached hydrogen (secondary N) is 1. The largest absolute Gasteiger partial charge is 0.396 e. The summed E-state index contributed by atoms with van der Waals surface area (Å²) in [4.78, 5) is 4.05. The Balaban J connectivity index is 2.26. The first kappa shape index (κ1) is 10.8. The molecule has 0 aliphatic rings. The van der Waals surface area contributed by atoms with Crippen molar-refractivity contribution in [2.75, 3.05) is 18.5 Å². The summed E-state index contributed by atoms with van der Waals surface area (Å²) in [6.45, 7) is 3.14. The lowest BCUT2D eigenvalue weighted by atomic mass is 10.1. The average Bonchev–Trinajstić information content (AvgIpc) is 2.49. The molecule has 0 saturated heterocycles. The van der Waals surface area contributed by atoms with Crippen molar-refractivity contribution in [3.8, 4) is 0 Å². The van der Waals surface area contributed by atoms with Gasteiger partial charge in [-0.1, -0.05) is 18.5 Å². The van der Waals surface area contributed by atoms with Gasteiger partial charge in [-0.05, 0) is 12.3 Å². The Labute approximate surface area is 86.8 Å². The van der Waals surface area contributed by atoms with Crippen molar-refractivity contribution in [2.24, 2.45) is 5.92 Å². The van der Waals surface area contributed by atoms with Gasteiger partial charge in [-0.25, -0.2) is 4.98 Å². The van der Waals surface area contributed by atoms with Crippen molar-refractivity contribution in [1.82, 2.24) is 4.98 Å². The maximum Gasteiger partial charge on any atom is 0.184 e. The van der Waals surface area contributed by atoms with E-state index < -0.39 is 0 Å². The van der Waals surface area contributed by atoms with Crippen LogP contribution in [0.15, 0.2) is 5.38 Å². The molecular weight excluding hydrogens is 208 g/mol. The quantitative estimate of drug-likeness (QED) is 0.800. The maximum atomic E-state index is 8.68. The molecule has 1 unspecified atom stereocenters. The van der Waals surface area contributed by atoms with Crippen molar-refractivity contribution in [1.29, 1.82) is 0 Å². The predicted molar refractivity (Wildman–Crippen MR) is 56.5 cm³/mol. The van der Waals surface area contributed by atoms with Gasteiger partial charge < -0.3 is 10.4 Å². The fourth-order valence-electron chi connectivity index (χ4n) is 0.919. The molecule has 0 aliphatic carbocycles. The monoisotopic (exact) mass is 220 g/mol. The molecule has 0 aliphatic heterocycles. The molecular formula is C8H13ClN2OS. The van der Waals surface area contributed by atoms with Crippen LogP contribution in [-0.4, -0.2) is 23.2 Å². The number of thiazole rings is 1. The number of anilines is 1. The first-order valence-corrected chi connectivity index (χ1v) is 5.44. The van der Waals surface area contributed by atoms with E-state index in [2.05, 4.69) is 17.2 Å². The molecule has 0 bridgehead atoms. The molecule has 1 rings (SSSR count). The molecule has 3 nitrogen and oxygen atoms in total. The molecule has 1 aromatic rings. The zero-order chi connectivity index (χ0) is 9.68. The van der Waals surface area contributed by atoms with Crippen LogP contribution in [0, 0.1) is 5.92 Å². The summed E-state index contributed by atoms with van der Waals surface area (Å²) in [5.74, 6) is 0.452. The van der Waals surface area contributed by atoms with Gasteiger partial charge in [-0.3, -0.25) is 0 Å². The zero-order valence-electron chi connectivity index (χ0n) is 7.46. The lowest BCUT2D eigenvalue weighted by Crippen LogP contribution is -2.12. The van der Waals surface area contributed by atoms with E-state index in [1.807, 2.05) is 0 Å². The summed E-state index contributed by atoms with van der Waals surface area (Å²) >= 11 is 7.15. The molecule has 1 heterocycles. The first-order valence-electron chi connectivity index (χ1n) is 4.18. The van der Waals surface area contributed by atoms with Crippen molar-refractivity contribution in [3.05, 3.63) is 10.5 Å². The van der Waals surface area contributed by atoms with Gasteiger partial charge in [-0.15, -0.1) is 11.3 Å². The number of hydrogen-bond donors (Lipinski definition) is 2. The van der Waals surface area contributed by atoms with Crippen molar-refractivity contribution < 1.29 is 5.11 Å². The summed E-state index contributed by atoms with van der Waals surface area (Å²) in [6.07, 6.45) is 0.812. The van der Waals surface area contributed by atoms with Gasteiger partial charge in [0, 0.05) is 18.5 Å². The highest BCUT2D eigenvalue weighted by Crippen LogP contribution is 2.19. The van der Waals surface area contributed by atoms with Crippen LogP contribution in [-0.2, 0) is 0 Å². The summed E-state index contributed by atoms with van der Waals surface area (Å²) < 4.78 is 0. The molecule has 0 fully saturated rings. The second-order valence-electron chi connectivity index (χ2n) is 2.97. The minimum absolute atomic E-state index is 0.238. The first-order chi connectivity index (χ1) is 6.22. The minimum Gasteiger partial charge on any atom is -0.396 e. The SMILES string of the molecule is CC(CCO)CNc1nc(Cl)cs1. The fraction of sp³-hybridized carbons (Fsp3) is 0.625. The fourth-order valence-corrected chi connectivity index (χ4v) is 1.77. The molecule has 5 heteroatoms. The Morgan fingerprint density at radius 2 is 2.54 bits per heavy atom. The van der Waals surface area contributed by atoms with Gasteiger partial charge in [-0.2, -0.15) is 0 Å². The third kappa shape index (κ3) is 3.93. The van der Waals surface area contributed by atoms with E-state index in [1.54, 1.807) is 5.38 Å². The second-order valence-corrected chi connectivity index (χ2v) is 4.22. The van der Waals surface area contributed by atoms with Crippen molar-refractivity contribution in [3.63, 3.8) is 0 Å². The molecule has 0 spiro atoms. The minimum atomic E-state index is 0.238. The topological polar surface area (TPSA) is 45.1 Å². The summed E-state index contributed by atoms with van der Waals surface area (Å²) in [6, 6.07) is 0. The molecule has 2 N–H and O–H groups in total. The van der Waals surface area contributed by atoms with E-state index in [1.165, 1.54) is 11.3 Å². The smallest absolute Gasteiger partial charge is 0.184 e. The molecule has 1 atom stereocenters. The molecule has 0 radical (unpaired) electrons. The summed E-state index contributed by atoms with van der Waals surface area (Å²) in [5, 5.41) is 15.0. The Kier molecular flexibility index (Phi) is 4.48. The third-order valence-corrected chi connectivity index (χ3v) is 2.82. The molecule has 1 aromatic heterocycles. The highest BCUT2D eigenvalue weighted by molar-refractivity contribution is 7.14. The van der Waals surface area contributed by atoms with Crippen LogP contribution < -0.4 is 5.32 Å². The van der Waals surface area contributed by atoms with E-state index in [0.29, 0.717) is 11.1 Å². The van der Waals surface area contributed by atoms with Crippen LogP contribution in [0.4, 0.5) is 5.13 Å². The number of hydrogen-bond acceptors (Lipinski definition) is 4. The number of halogens is 1. The van der Waals surface area contributed by atoms with Crippen LogP contribution in [0.2, 0.25) is 5.15 Å². The third-order valence-electron chi connectivity index (χ3n) is 1.70. The Morgan fingerprint density at radius 1 is 1.77 bits per heavy atom. The Bertz CT molecular complexity index is 254. The molecule has 74 valence electrons. The van der Waals surface area contributed by atoms with Crippen molar-refractivity contribution >= 4 is 28.1 Å². The molecule has 0 aromatic carbocycles. The lowest BCUT2D eigenvalue weighted by molar-refractivity contribution is 0.266. The van der Waals surface area contributed by atoms with Gasteiger partial charge in [0.15, 0.2) is 5.13 Å². The van der Waals surface area contributed by atoms with E-state index in [0.717, 1.165) is 18.1 Å². The lowest BCUT2D eigenvalue weighted by Gasteiger charge is -2.09. The zero-order valence-corrected chi connectivity index (χ0v) is 9.03. The van der Waals surface area contributed by atoms with Crippen LogP contribution in [0.5, 0.6) is 0 Å². The normalized spacial score (nSPS) is 12.8. The summed E-state index contributed by atoms with van der Waals surface area (Å²) in [7, 11) is 0. The van der Waals surface area contributed by atoms with E-state index in [-0.39, 0.29) is 6.61 Å². The van der Waals surface area contributed by atoms with Crippen molar-refractivity contribution in [2.45, 2.75) is 13.3 Å². The molecule has 0 saturated carbocycles. The highest BCUT2D eigenvalue weighted by Gasteiger charge is 2.03. The molecule has 0 amide bonds. The standard InChI is InChI=1S/C8H13ClN2OS/c1-6(2-3-12)4-10-8-11-7(9)5-13-8/h5-6,12H,2-4H2,1H3,(H,10,11). The Hall–Kier alpha value is -0.320. The average molecular weight is 221 g/mol. The second kappa shape index (κ2) is 5.42. The summed E-state index contributed by atoms with van der Waals surface area (Å²) in [5.41, 5.74) is 0. The van der Waals surface area contributed by atoms with E-state index in [9.17, 15) is 0 Å². The van der Waals surface area contributed by atoms with Gasteiger partial charge >= 0.3 is 0 Å². The van der Waals surface area contributed by atoms with Crippen LogP contribution in [0.3, 0.4) is 0 Å².